The Balaban J connectivity index is 1.70. The summed E-state index contributed by atoms with van der Waals surface area (Å²) in [6.45, 7) is 9.16. The molecule has 0 aliphatic rings. The van der Waals surface area contributed by atoms with E-state index in [0.29, 0.717) is 24.7 Å². The second-order valence-electron chi connectivity index (χ2n) is 8.00. The highest BCUT2D eigenvalue weighted by atomic mass is 31.2. The molecule has 0 aliphatic heterocycles. The van der Waals surface area contributed by atoms with Crippen LogP contribution < -0.4 is 10.1 Å². The van der Waals surface area contributed by atoms with Crippen molar-refractivity contribution >= 4 is 21.0 Å². The van der Waals surface area contributed by atoms with Crippen molar-refractivity contribution in [1.82, 2.24) is 15.0 Å². The number of ether oxygens (including phenoxy) is 1. The van der Waals surface area contributed by atoms with E-state index >= 15 is 0 Å². The van der Waals surface area contributed by atoms with Crippen LogP contribution in [0.1, 0.15) is 39.1 Å². The number of aromatic nitrogens is 3. The van der Waals surface area contributed by atoms with Gasteiger partial charge in [-0.3, -0.25) is 14.1 Å². The van der Waals surface area contributed by atoms with Gasteiger partial charge in [-0.1, -0.05) is 0 Å². The van der Waals surface area contributed by atoms with Crippen LogP contribution in [0.15, 0.2) is 47.3 Å². The van der Waals surface area contributed by atoms with Gasteiger partial charge in [-0.25, -0.2) is 9.97 Å². The molecule has 12 nitrogen and oxygen atoms in total. The fraction of sp³-hybridized carbons (Fsp3) is 0.480. The second kappa shape index (κ2) is 14.7. The molecule has 3 heterocycles. The maximum atomic E-state index is 13.7. The summed E-state index contributed by atoms with van der Waals surface area (Å²) in [5.41, 5.74) is 0.220. The highest BCUT2D eigenvalue weighted by Crippen LogP contribution is 2.70. The summed E-state index contributed by atoms with van der Waals surface area (Å²) in [5, 5.41) is 2.91. The third-order valence-electron chi connectivity index (χ3n) is 5.28. The lowest BCUT2D eigenvalue weighted by atomic mass is 10.2. The fourth-order valence-corrected chi connectivity index (χ4v) is 8.55. The Morgan fingerprint density at radius 1 is 0.897 bits per heavy atom. The number of hydrogen-bond donors (Lipinski definition) is 1. The van der Waals surface area contributed by atoms with Crippen LogP contribution in [0.3, 0.4) is 0 Å². The summed E-state index contributed by atoms with van der Waals surface area (Å²) in [5.74, 6) is 2.02. The Kier molecular flexibility index (Phi) is 11.7. The summed E-state index contributed by atoms with van der Waals surface area (Å²) in [6.07, 6.45) is 5.39. The van der Waals surface area contributed by atoms with Gasteiger partial charge in [0.25, 0.3) is 0 Å². The van der Waals surface area contributed by atoms with Gasteiger partial charge in [-0.2, -0.15) is 0 Å². The van der Waals surface area contributed by atoms with Crippen molar-refractivity contribution in [3.05, 3.63) is 54.3 Å². The number of nitrogens with one attached hydrogen (secondary N) is 1. The number of pyridine rings is 2. The molecule has 0 aliphatic carbocycles. The van der Waals surface area contributed by atoms with Crippen molar-refractivity contribution < 1.29 is 36.4 Å². The number of oxazole rings is 1. The second-order valence-corrected chi connectivity index (χ2v) is 12.6. The fourth-order valence-electron chi connectivity index (χ4n) is 3.63. The van der Waals surface area contributed by atoms with Crippen molar-refractivity contribution in [3.8, 4) is 17.2 Å². The predicted molar refractivity (Wildman–Crippen MR) is 147 cm³/mol. The zero-order valence-electron chi connectivity index (χ0n) is 22.9. The first kappa shape index (κ1) is 30.9. The van der Waals surface area contributed by atoms with Crippen LogP contribution in [0, 0.1) is 6.92 Å². The molecule has 214 valence electrons. The van der Waals surface area contributed by atoms with Crippen LogP contribution in [0.25, 0.3) is 11.5 Å². The van der Waals surface area contributed by atoms with Gasteiger partial charge in [0, 0.05) is 24.4 Å². The van der Waals surface area contributed by atoms with Crippen molar-refractivity contribution in [2.24, 2.45) is 0 Å². The van der Waals surface area contributed by atoms with E-state index in [1.165, 1.54) is 6.20 Å². The van der Waals surface area contributed by atoms with Crippen LogP contribution in [0.2, 0.25) is 0 Å². The molecular weight excluding hydrogens is 546 g/mol. The molecular formula is C25H36N4O8P2. The largest absolute Gasteiger partial charge is 0.492 e. The van der Waals surface area contributed by atoms with Crippen molar-refractivity contribution in [2.45, 2.75) is 46.6 Å². The van der Waals surface area contributed by atoms with Gasteiger partial charge in [0.15, 0.2) is 0 Å². The van der Waals surface area contributed by atoms with Gasteiger partial charge in [-0.15, -0.1) is 0 Å². The molecule has 0 saturated heterocycles. The van der Waals surface area contributed by atoms with Gasteiger partial charge in [0.1, 0.15) is 17.3 Å². The molecule has 14 heteroatoms. The molecule has 1 N–H and O–H groups in total. The highest BCUT2D eigenvalue weighted by Gasteiger charge is 2.51. The first-order valence-corrected chi connectivity index (χ1v) is 16.0. The minimum atomic E-state index is -3.98. The van der Waals surface area contributed by atoms with Gasteiger partial charge < -0.3 is 32.6 Å². The Hall–Kier alpha value is -2.59. The monoisotopic (exact) mass is 582 g/mol. The minimum Gasteiger partial charge on any atom is -0.492 e. The van der Waals surface area contributed by atoms with Crippen LogP contribution in [0.5, 0.6) is 5.75 Å². The zero-order valence-corrected chi connectivity index (χ0v) is 24.7. The summed E-state index contributed by atoms with van der Waals surface area (Å²) < 4.78 is 60.8. The molecule has 3 aromatic rings. The van der Waals surface area contributed by atoms with Crippen molar-refractivity contribution in [2.75, 3.05) is 38.4 Å². The van der Waals surface area contributed by atoms with Crippen molar-refractivity contribution in [3.63, 3.8) is 0 Å². The number of nitrogens with zero attached hydrogens (tertiary/aromatic N) is 3. The number of aryl methyl sites for hydroxylation is 1. The summed E-state index contributed by atoms with van der Waals surface area (Å²) in [6, 6.07) is 6.96. The van der Waals surface area contributed by atoms with E-state index in [9.17, 15) is 9.13 Å². The lowest BCUT2D eigenvalue weighted by Gasteiger charge is -2.31. The first-order chi connectivity index (χ1) is 18.8. The van der Waals surface area contributed by atoms with E-state index in [1.54, 1.807) is 52.2 Å². The third-order valence-corrected chi connectivity index (χ3v) is 10.9. The summed E-state index contributed by atoms with van der Waals surface area (Å²) in [7, 11) is -7.96. The Labute approximate surface area is 228 Å². The molecule has 39 heavy (non-hydrogen) atoms. The molecule has 0 amide bonds. The van der Waals surface area contributed by atoms with E-state index in [2.05, 4.69) is 20.3 Å². The molecule has 0 unspecified atom stereocenters. The van der Waals surface area contributed by atoms with E-state index in [4.69, 9.17) is 27.2 Å². The zero-order chi connectivity index (χ0) is 28.3. The van der Waals surface area contributed by atoms with Crippen LogP contribution in [-0.2, 0) is 33.6 Å². The van der Waals surface area contributed by atoms with E-state index in [-0.39, 0.29) is 32.2 Å². The molecule has 0 spiro atoms. The maximum Gasteiger partial charge on any atom is 0.365 e. The topological polar surface area (TPSA) is 144 Å². The van der Waals surface area contributed by atoms with Gasteiger partial charge in [0.2, 0.25) is 11.4 Å². The molecule has 0 fully saturated rings. The van der Waals surface area contributed by atoms with E-state index in [0.717, 1.165) is 17.0 Å². The minimum absolute atomic E-state index is 0.0724. The first-order valence-electron chi connectivity index (χ1n) is 12.8. The lowest BCUT2D eigenvalue weighted by Crippen LogP contribution is -2.26. The Morgan fingerprint density at radius 2 is 1.49 bits per heavy atom. The highest BCUT2D eigenvalue weighted by molar-refractivity contribution is 7.72. The predicted octanol–water partition coefficient (Wildman–Crippen LogP) is 6.29. The molecule has 0 bridgehead atoms. The summed E-state index contributed by atoms with van der Waals surface area (Å²) >= 11 is 0. The Morgan fingerprint density at radius 3 is 2.00 bits per heavy atom. The van der Waals surface area contributed by atoms with Gasteiger partial charge in [0.05, 0.1) is 44.9 Å². The SMILES string of the molecule is CCOP(=O)(OCC)C(Nc1ccc(OCCc2nc(-c3ccncc3)oc2C)cn1)P(=O)(OCC)OCC. The molecule has 3 aromatic heterocycles. The smallest absolute Gasteiger partial charge is 0.365 e. The quantitative estimate of drug-likeness (QED) is 0.179. The molecule has 3 rings (SSSR count). The molecule has 0 aromatic carbocycles. The average Bonchev–Trinajstić information content (AvgIpc) is 3.29. The van der Waals surface area contributed by atoms with Gasteiger partial charge >= 0.3 is 15.2 Å². The third kappa shape index (κ3) is 8.20. The van der Waals surface area contributed by atoms with Crippen molar-refractivity contribution in [1.29, 1.82) is 0 Å². The molecule has 0 radical (unpaired) electrons. The Bertz CT molecular complexity index is 1210. The van der Waals surface area contributed by atoms with E-state index in [1.807, 2.05) is 19.1 Å². The van der Waals surface area contributed by atoms with Gasteiger partial charge in [-0.05, 0) is 58.9 Å². The normalized spacial score (nSPS) is 12.2. The van der Waals surface area contributed by atoms with Crippen LogP contribution >= 0.6 is 15.2 Å². The number of anilines is 1. The summed E-state index contributed by atoms with van der Waals surface area (Å²) in [4.78, 5) is 12.9. The number of rotatable bonds is 17. The standard InChI is InChI=1S/C25H36N4O8P2/c1-6-33-38(30,34-7-2)25(39(31,35-8-3)36-9-4)29-23-11-10-21(18-27-23)32-17-14-22-19(5)37-24(28-22)20-12-15-26-16-13-20/h10-13,15-16,18,25H,6-9,14,17H2,1-5H3,(H,27,29). The average molecular weight is 583 g/mol. The lowest BCUT2D eigenvalue weighted by molar-refractivity contribution is 0.198. The molecule has 0 atom stereocenters. The van der Waals surface area contributed by atoms with Crippen LogP contribution in [-0.4, -0.2) is 53.5 Å². The van der Waals surface area contributed by atoms with E-state index < -0.39 is 20.7 Å². The number of hydrogen-bond acceptors (Lipinski definition) is 12. The van der Waals surface area contributed by atoms with Crippen LogP contribution in [0.4, 0.5) is 5.82 Å². The maximum absolute atomic E-state index is 13.7. The molecule has 0 saturated carbocycles.